The SMILES string of the molecule is Cc1cn2nc(-c3nc4c(F)cc(Br)cc4[n+]([O-])n3)cc(C)c2n1. The molecule has 0 radical (unpaired) electrons. The van der Waals surface area contributed by atoms with E-state index in [0.29, 0.717) is 20.7 Å². The van der Waals surface area contributed by atoms with Crippen molar-refractivity contribution in [1.82, 2.24) is 24.7 Å². The number of rotatable bonds is 1. The van der Waals surface area contributed by atoms with Gasteiger partial charge >= 0.3 is 0 Å². The number of imidazole rings is 1. The summed E-state index contributed by atoms with van der Waals surface area (Å²) in [5.41, 5.74) is 2.73. The average Bonchev–Trinajstić information content (AvgIpc) is 2.89. The van der Waals surface area contributed by atoms with E-state index >= 15 is 0 Å². The van der Waals surface area contributed by atoms with Crippen LogP contribution in [0.3, 0.4) is 0 Å². The van der Waals surface area contributed by atoms with Crippen molar-refractivity contribution in [3.8, 4) is 11.5 Å². The second kappa shape index (κ2) is 5.17. The normalized spacial score (nSPS) is 11.5. The van der Waals surface area contributed by atoms with Gasteiger partial charge in [0.25, 0.3) is 5.52 Å². The third kappa shape index (κ3) is 2.28. The van der Waals surface area contributed by atoms with Crippen molar-refractivity contribution in [3.63, 3.8) is 0 Å². The number of nitrogens with zero attached hydrogens (tertiary/aromatic N) is 6. The van der Waals surface area contributed by atoms with Gasteiger partial charge in [0.1, 0.15) is 5.69 Å². The summed E-state index contributed by atoms with van der Waals surface area (Å²) in [4.78, 5) is 8.90. The highest BCUT2D eigenvalue weighted by molar-refractivity contribution is 9.10. The van der Waals surface area contributed by atoms with Gasteiger partial charge < -0.3 is 5.21 Å². The van der Waals surface area contributed by atoms with Crippen LogP contribution in [0.2, 0.25) is 0 Å². The number of halogens is 2. The fraction of sp³-hybridized carbons (Fsp3) is 0.133. The molecular weight excluding hydrogens is 379 g/mol. The van der Waals surface area contributed by atoms with Gasteiger partial charge in [-0.25, -0.2) is 18.9 Å². The van der Waals surface area contributed by atoms with Gasteiger partial charge in [0.2, 0.25) is 5.82 Å². The second-order valence-electron chi connectivity index (χ2n) is 5.43. The lowest BCUT2D eigenvalue weighted by atomic mass is 10.2. The second-order valence-corrected chi connectivity index (χ2v) is 6.34. The molecule has 3 aromatic heterocycles. The minimum Gasteiger partial charge on any atom is -0.594 e. The highest BCUT2D eigenvalue weighted by Gasteiger charge is 2.19. The van der Waals surface area contributed by atoms with Crippen molar-refractivity contribution in [2.75, 3.05) is 0 Å². The highest BCUT2D eigenvalue weighted by atomic mass is 79.9. The molecule has 0 spiro atoms. The molecule has 24 heavy (non-hydrogen) atoms. The first kappa shape index (κ1) is 14.9. The molecule has 0 N–H and O–H groups in total. The largest absolute Gasteiger partial charge is 0.594 e. The van der Waals surface area contributed by atoms with Gasteiger partial charge in [0, 0.05) is 15.6 Å². The molecule has 1 aromatic carbocycles. The summed E-state index contributed by atoms with van der Waals surface area (Å²) in [6.45, 7) is 3.73. The van der Waals surface area contributed by atoms with E-state index in [4.69, 9.17) is 0 Å². The summed E-state index contributed by atoms with van der Waals surface area (Å²) in [5.74, 6) is -0.557. The predicted molar refractivity (Wildman–Crippen MR) is 87.6 cm³/mol. The molecule has 0 aliphatic heterocycles. The van der Waals surface area contributed by atoms with Crippen molar-refractivity contribution >= 4 is 32.6 Å². The highest BCUT2D eigenvalue weighted by Crippen LogP contribution is 2.22. The maximum absolute atomic E-state index is 14.2. The molecule has 7 nitrogen and oxygen atoms in total. The van der Waals surface area contributed by atoms with Crippen LogP contribution in [0.5, 0.6) is 0 Å². The number of aromatic nitrogens is 6. The smallest absolute Gasteiger partial charge is 0.274 e. The van der Waals surface area contributed by atoms with Crippen molar-refractivity contribution < 1.29 is 9.24 Å². The predicted octanol–water partition coefficient (Wildman–Crippen LogP) is 2.49. The lowest BCUT2D eigenvalue weighted by Gasteiger charge is -2.05. The Morgan fingerprint density at radius 2 is 2.00 bits per heavy atom. The van der Waals surface area contributed by atoms with Crippen LogP contribution in [0.25, 0.3) is 28.2 Å². The van der Waals surface area contributed by atoms with E-state index in [1.165, 1.54) is 12.1 Å². The maximum atomic E-state index is 14.2. The van der Waals surface area contributed by atoms with Crippen LogP contribution in [0.15, 0.2) is 28.9 Å². The van der Waals surface area contributed by atoms with Crippen LogP contribution < -0.4 is 4.85 Å². The van der Waals surface area contributed by atoms with Gasteiger partial charge in [-0.15, -0.1) is 0 Å². The Hall–Kier alpha value is -2.68. The van der Waals surface area contributed by atoms with Crippen LogP contribution >= 0.6 is 15.9 Å². The summed E-state index contributed by atoms with van der Waals surface area (Å²) in [6.07, 6.45) is 1.76. The van der Waals surface area contributed by atoms with E-state index in [1.807, 2.05) is 13.8 Å². The number of benzene rings is 1. The van der Waals surface area contributed by atoms with Crippen molar-refractivity contribution in [1.29, 1.82) is 0 Å². The standard InChI is InChI=1S/C15H10BrFN6O/c1-7-3-11(20-22-6-8(2)18-15(7)22)14-19-13-10(17)4-9(16)5-12(13)23(24)21-14/h3-6H,1-2H3. The molecule has 0 aliphatic carbocycles. The van der Waals surface area contributed by atoms with Gasteiger partial charge in [-0.1, -0.05) is 15.9 Å². The van der Waals surface area contributed by atoms with Gasteiger partial charge in [0.15, 0.2) is 17.0 Å². The molecular formula is C15H10BrFN6O. The van der Waals surface area contributed by atoms with Crippen molar-refractivity contribution in [2.24, 2.45) is 0 Å². The van der Waals surface area contributed by atoms with Crippen LogP contribution in [-0.4, -0.2) is 24.7 Å². The van der Waals surface area contributed by atoms with E-state index in [-0.39, 0.29) is 16.9 Å². The number of hydrogen-bond acceptors (Lipinski definition) is 5. The Bertz CT molecular complexity index is 1130. The molecule has 4 aromatic rings. The fourth-order valence-electron chi connectivity index (χ4n) is 2.54. The summed E-state index contributed by atoms with van der Waals surface area (Å²) >= 11 is 3.15. The Balaban J connectivity index is 1.99. The molecule has 0 unspecified atom stereocenters. The first-order valence-electron chi connectivity index (χ1n) is 7.03. The Kier molecular flexibility index (Phi) is 3.20. The molecule has 0 aliphatic rings. The van der Waals surface area contributed by atoms with Crippen LogP contribution in [-0.2, 0) is 0 Å². The topological polar surface area (TPSA) is 82.9 Å². The van der Waals surface area contributed by atoms with Gasteiger partial charge in [-0.2, -0.15) is 5.10 Å². The first-order chi connectivity index (χ1) is 11.4. The molecule has 0 fully saturated rings. The molecule has 0 bridgehead atoms. The molecule has 0 amide bonds. The van der Waals surface area contributed by atoms with Gasteiger partial charge in [-0.05, 0) is 36.4 Å². The molecule has 9 heteroatoms. The lowest BCUT2D eigenvalue weighted by Crippen LogP contribution is -2.33. The first-order valence-corrected chi connectivity index (χ1v) is 7.82. The zero-order chi connectivity index (χ0) is 17.0. The molecule has 120 valence electrons. The van der Waals surface area contributed by atoms with Crippen LogP contribution in [0, 0.1) is 24.9 Å². The summed E-state index contributed by atoms with van der Waals surface area (Å²) in [5, 5.41) is 20.4. The molecule has 0 atom stereocenters. The minimum atomic E-state index is -0.607. The summed E-state index contributed by atoms with van der Waals surface area (Å²) in [7, 11) is 0. The van der Waals surface area contributed by atoms with Crippen molar-refractivity contribution in [2.45, 2.75) is 13.8 Å². The van der Waals surface area contributed by atoms with Crippen molar-refractivity contribution in [3.05, 3.63) is 51.2 Å². The van der Waals surface area contributed by atoms with Crippen LogP contribution in [0.4, 0.5) is 4.39 Å². The third-order valence-corrected chi connectivity index (χ3v) is 4.03. The third-order valence-electron chi connectivity index (χ3n) is 3.58. The zero-order valence-corrected chi connectivity index (χ0v) is 14.2. The zero-order valence-electron chi connectivity index (χ0n) is 12.7. The lowest BCUT2D eigenvalue weighted by molar-refractivity contribution is -0.642. The number of aryl methyl sites for hydroxylation is 2. The van der Waals surface area contributed by atoms with E-state index < -0.39 is 5.82 Å². The minimum absolute atomic E-state index is 0.0434. The summed E-state index contributed by atoms with van der Waals surface area (Å²) in [6, 6.07) is 4.44. The number of fused-ring (bicyclic) bond motifs is 2. The fourth-order valence-corrected chi connectivity index (χ4v) is 2.96. The Labute approximate surface area is 143 Å². The quantitative estimate of drug-likeness (QED) is 0.369. The Morgan fingerprint density at radius 1 is 1.21 bits per heavy atom. The van der Waals surface area contributed by atoms with E-state index in [0.717, 1.165) is 11.3 Å². The van der Waals surface area contributed by atoms with E-state index in [9.17, 15) is 9.60 Å². The monoisotopic (exact) mass is 388 g/mol. The summed E-state index contributed by atoms with van der Waals surface area (Å²) < 4.78 is 16.2. The molecule has 4 rings (SSSR count). The molecule has 0 saturated heterocycles. The number of hydrogen-bond donors (Lipinski definition) is 0. The molecule has 3 heterocycles. The van der Waals surface area contributed by atoms with Gasteiger partial charge in [0.05, 0.1) is 11.9 Å². The average molecular weight is 389 g/mol. The molecule has 0 saturated carbocycles. The van der Waals surface area contributed by atoms with E-state index in [2.05, 4.69) is 36.1 Å². The Morgan fingerprint density at radius 3 is 2.79 bits per heavy atom. The van der Waals surface area contributed by atoms with E-state index in [1.54, 1.807) is 16.8 Å². The van der Waals surface area contributed by atoms with Crippen LogP contribution in [0.1, 0.15) is 11.3 Å². The van der Waals surface area contributed by atoms with Gasteiger partial charge in [-0.3, -0.25) is 0 Å². The maximum Gasteiger partial charge on any atom is 0.274 e.